The second kappa shape index (κ2) is 12.0. The highest BCUT2D eigenvalue weighted by molar-refractivity contribution is 7.73. The molecule has 190 valence electrons. The molecule has 0 radical (unpaired) electrons. The van der Waals surface area contributed by atoms with E-state index in [1.807, 2.05) is 47.8 Å². The van der Waals surface area contributed by atoms with Crippen LogP contribution in [0.25, 0.3) is 0 Å². The Morgan fingerprint density at radius 3 is 2.36 bits per heavy atom. The molecule has 9 nitrogen and oxygen atoms in total. The first kappa shape index (κ1) is 25.6. The molecule has 4 rings (SSSR count). The van der Waals surface area contributed by atoms with Crippen LogP contribution in [0.1, 0.15) is 46.6 Å². The molecular formula is C25H28N4O5S2. The molecule has 11 heteroatoms. The molecule has 1 heterocycles. The zero-order valence-corrected chi connectivity index (χ0v) is 21.4. The van der Waals surface area contributed by atoms with Crippen LogP contribution in [0, 0.1) is 0 Å². The van der Waals surface area contributed by atoms with Crippen molar-refractivity contribution in [2.75, 3.05) is 11.8 Å². The lowest BCUT2D eigenvalue weighted by molar-refractivity contribution is -0.123. The molecule has 2 amide bonds. The average Bonchev–Trinajstić information content (AvgIpc) is 3.61. The van der Waals surface area contributed by atoms with E-state index in [1.165, 1.54) is 18.4 Å². The lowest BCUT2D eigenvalue weighted by Gasteiger charge is -2.22. The highest BCUT2D eigenvalue weighted by Gasteiger charge is 2.29. The van der Waals surface area contributed by atoms with E-state index in [0.717, 1.165) is 34.7 Å². The van der Waals surface area contributed by atoms with Gasteiger partial charge in [-0.1, -0.05) is 42.5 Å². The Morgan fingerprint density at radius 2 is 1.72 bits per heavy atom. The minimum atomic E-state index is -2.75. The van der Waals surface area contributed by atoms with Gasteiger partial charge in [0, 0.05) is 23.4 Å². The number of rotatable bonds is 11. The molecule has 0 saturated heterocycles. The van der Waals surface area contributed by atoms with Crippen LogP contribution in [0.5, 0.6) is 0 Å². The van der Waals surface area contributed by atoms with Gasteiger partial charge in [-0.2, -0.15) is 0 Å². The SMILES string of the molecule is COC(=O)N[C@@H](Cc1ccccc1)C(=O)N[C@@H](Cc1ccc(N[SH](=O)=O)cc1)c1nc(C2CC2)cs1. The number of aromatic nitrogens is 1. The van der Waals surface area contributed by atoms with Crippen molar-refractivity contribution in [1.82, 2.24) is 15.6 Å². The number of nitrogens with zero attached hydrogens (tertiary/aromatic N) is 1. The van der Waals surface area contributed by atoms with Crippen LogP contribution in [0.3, 0.4) is 0 Å². The van der Waals surface area contributed by atoms with E-state index in [2.05, 4.69) is 15.4 Å². The Bertz CT molecular complexity index is 1250. The van der Waals surface area contributed by atoms with Crippen molar-refractivity contribution in [1.29, 1.82) is 0 Å². The van der Waals surface area contributed by atoms with E-state index in [9.17, 15) is 18.0 Å². The molecule has 1 aromatic heterocycles. The summed E-state index contributed by atoms with van der Waals surface area (Å²) in [6, 6.07) is 15.1. The normalized spacial score (nSPS) is 14.6. The van der Waals surface area contributed by atoms with E-state index in [0.29, 0.717) is 24.4 Å². The van der Waals surface area contributed by atoms with Crippen molar-refractivity contribution in [2.45, 2.75) is 43.7 Å². The number of anilines is 1. The van der Waals surface area contributed by atoms with Gasteiger partial charge in [0.15, 0.2) is 0 Å². The van der Waals surface area contributed by atoms with E-state index in [-0.39, 0.29) is 5.91 Å². The monoisotopic (exact) mass is 528 g/mol. The van der Waals surface area contributed by atoms with Crippen molar-refractivity contribution in [3.8, 4) is 0 Å². The second-order valence-electron chi connectivity index (χ2n) is 8.59. The summed E-state index contributed by atoms with van der Waals surface area (Å²) in [5, 5.41) is 8.54. The van der Waals surface area contributed by atoms with Gasteiger partial charge in [-0.05, 0) is 42.5 Å². The van der Waals surface area contributed by atoms with Crippen molar-refractivity contribution in [3.63, 3.8) is 0 Å². The molecule has 1 fully saturated rings. The first-order chi connectivity index (χ1) is 17.4. The molecule has 36 heavy (non-hydrogen) atoms. The maximum Gasteiger partial charge on any atom is 0.407 e. The summed E-state index contributed by atoms with van der Waals surface area (Å²) in [7, 11) is -1.49. The number of hydrogen-bond donors (Lipinski definition) is 4. The Morgan fingerprint density at radius 1 is 1.03 bits per heavy atom. The highest BCUT2D eigenvalue weighted by atomic mass is 32.2. The largest absolute Gasteiger partial charge is 0.453 e. The number of hydrogen-bond acceptors (Lipinski definition) is 7. The van der Waals surface area contributed by atoms with Crippen LogP contribution < -0.4 is 15.4 Å². The molecular weight excluding hydrogens is 500 g/mol. The number of nitrogens with one attached hydrogen (secondary N) is 3. The van der Waals surface area contributed by atoms with Gasteiger partial charge in [-0.3, -0.25) is 9.52 Å². The topological polar surface area (TPSA) is 126 Å². The molecule has 0 aliphatic heterocycles. The fraction of sp³-hybridized carbons (Fsp3) is 0.320. The molecule has 0 spiro atoms. The molecule has 1 saturated carbocycles. The van der Waals surface area contributed by atoms with E-state index in [4.69, 9.17) is 9.72 Å². The maximum atomic E-state index is 13.4. The summed E-state index contributed by atoms with van der Waals surface area (Å²) in [4.78, 5) is 30.2. The smallest absolute Gasteiger partial charge is 0.407 e. The number of alkyl carbamates (subject to hydrolysis) is 1. The summed E-state index contributed by atoms with van der Waals surface area (Å²) in [5.74, 6) is 0.136. The Kier molecular flexibility index (Phi) is 8.55. The predicted molar refractivity (Wildman–Crippen MR) is 139 cm³/mol. The summed E-state index contributed by atoms with van der Waals surface area (Å²) in [6.45, 7) is 0. The van der Waals surface area contributed by atoms with Crippen molar-refractivity contribution in [3.05, 3.63) is 81.8 Å². The third kappa shape index (κ3) is 7.28. The van der Waals surface area contributed by atoms with Crippen molar-refractivity contribution < 1.29 is 22.7 Å². The fourth-order valence-electron chi connectivity index (χ4n) is 3.82. The third-order valence-corrected chi connectivity index (χ3v) is 7.26. The van der Waals surface area contributed by atoms with Gasteiger partial charge in [0.25, 0.3) is 0 Å². The Hall–Kier alpha value is -3.44. The first-order valence-electron chi connectivity index (χ1n) is 11.6. The molecule has 0 bridgehead atoms. The number of amides is 2. The van der Waals surface area contributed by atoms with Crippen LogP contribution in [-0.4, -0.2) is 38.6 Å². The number of methoxy groups -OCH3 is 1. The van der Waals surface area contributed by atoms with Gasteiger partial charge in [0.1, 0.15) is 11.0 Å². The summed E-state index contributed by atoms with van der Waals surface area (Å²) in [6.07, 6.45) is 2.31. The third-order valence-electron chi connectivity index (χ3n) is 5.84. The predicted octanol–water partition coefficient (Wildman–Crippen LogP) is 3.33. The highest BCUT2D eigenvalue weighted by Crippen LogP contribution is 2.41. The van der Waals surface area contributed by atoms with E-state index in [1.54, 1.807) is 12.1 Å². The van der Waals surface area contributed by atoms with Gasteiger partial charge < -0.3 is 15.4 Å². The Labute approximate surface area is 215 Å². The molecule has 0 unspecified atom stereocenters. The number of ether oxygens (including phenoxy) is 1. The first-order valence-corrected chi connectivity index (χ1v) is 13.6. The van der Waals surface area contributed by atoms with Crippen LogP contribution >= 0.6 is 11.3 Å². The van der Waals surface area contributed by atoms with Crippen molar-refractivity contribution in [2.24, 2.45) is 0 Å². The van der Waals surface area contributed by atoms with Gasteiger partial charge in [0.2, 0.25) is 16.8 Å². The Balaban J connectivity index is 1.54. The quantitative estimate of drug-likeness (QED) is 0.283. The van der Waals surface area contributed by atoms with E-state index < -0.39 is 29.1 Å². The average molecular weight is 529 g/mol. The molecule has 3 aromatic rings. The summed E-state index contributed by atoms with van der Waals surface area (Å²) < 4.78 is 28.9. The fourth-order valence-corrected chi connectivity index (χ4v) is 5.13. The van der Waals surface area contributed by atoms with Crippen LogP contribution in [0.4, 0.5) is 10.5 Å². The zero-order chi connectivity index (χ0) is 25.5. The number of benzene rings is 2. The summed E-state index contributed by atoms with van der Waals surface area (Å²) >= 11 is 1.50. The number of carbonyl (C=O) groups is 2. The van der Waals surface area contributed by atoms with Gasteiger partial charge in [0.05, 0.1) is 18.8 Å². The minimum Gasteiger partial charge on any atom is -0.453 e. The summed E-state index contributed by atoms with van der Waals surface area (Å²) in [5.41, 5.74) is 3.30. The standard InChI is InChI=1S/C25H28N4O5S2/c1-34-25(31)28-20(13-16-5-3-2-4-6-16)23(30)26-21(24-27-22(15-35-24)18-9-10-18)14-17-7-11-19(12-8-17)29-36(32)33/h2-8,11-12,15,18,20-21,36H,9-10,13-14H2,1H3,(H,26,30)(H,28,31)(H,29,32,33)/t20-,21-/m0/s1. The minimum absolute atomic E-state index is 0.299. The van der Waals surface area contributed by atoms with Gasteiger partial charge in [-0.25, -0.2) is 18.2 Å². The number of thiazole rings is 1. The molecule has 2 aromatic carbocycles. The van der Waals surface area contributed by atoms with Crippen LogP contribution in [0.2, 0.25) is 0 Å². The molecule has 1 aliphatic rings. The van der Waals surface area contributed by atoms with Crippen LogP contribution in [0.15, 0.2) is 60.0 Å². The second-order valence-corrected chi connectivity index (χ2v) is 10.2. The van der Waals surface area contributed by atoms with Gasteiger partial charge >= 0.3 is 6.09 Å². The number of carbonyl (C=O) groups excluding carboxylic acids is 2. The molecule has 3 N–H and O–H groups in total. The van der Waals surface area contributed by atoms with Gasteiger partial charge in [-0.15, -0.1) is 11.3 Å². The van der Waals surface area contributed by atoms with Crippen molar-refractivity contribution >= 4 is 39.9 Å². The lowest BCUT2D eigenvalue weighted by atomic mass is 10.0. The maximum absolute atomic E-state index is 13.4. The van der Waals surface area contributed by atoms with E-state index >= 15 is 0 Å². The zero-order valence-electron chi connectivity index (χ0n) is 19.7. The van der Waals surface area contributed by atoms with Crippen LogP contribution in [-0.2, 0) is 33.3 Å². The molecule has 2 atom stereocenters. The lowest BCUT2D eigenvalue weighted by Crippen LogP contribution is -2.49. The number of thiol groups is 1. The molecule has 1 aliphatic carbocycles.